The Kier molecular flexibility index (Phi) is 3.01. The lowest BCUT2D eigenvalue weighted by molar-refractivity contribution is 0.553. The minimum Gasteiger partial charge on any atom is -0.225 e. The van der Waals surface area contributed by atoms with Gasteiger partial charge in [-0.15, -0.1) is 0 Å². The summed E-state index contributed by atoms with van der Waals surface area (Å²) in [7, 11) is -7.95. The van der Waals surface area contributed by atoms with Crippen molar-refractivity contribution in [3.63, 3.8) is 0 Å². The van der Waals surface area contributed by atoms with Crippen LogP contribution >= 0.6 is 0 Å². The quantitative estimate of drug-likeness (QED) is 0.824. The third-order valence-corrected chi connectivity index (χ3v) is 5.62. The van der Waals surface area contributed by atoms with Crippen LogP contribution in [0.1, 0.15) is 19.8 Å². The van der Waals surface area contributed by atoms with Crippen LogP contribution < -0.4 is 9.86 Å². The molecule has 1 aliphatic rings. The van der Waals surface area contributed by atoms with E-state index in [9.17, 15) is 16.8 Å². The zero-order valence-corrected chi connectivity index (χ0v) is 11.4. The highest BCUT2D eigenvalue weighted by molar-refractivity contribution is 7.92. The van der Waals surface area contributed by atoms with Crippen LogP contribution in [0.15, 0.2) is 34.1 Å². The molecule has 1 aromatic rings. The molecule has 3 N–H and O–H groups in total. The Bertz CT molecular complexity index is 676. The molecule has 0 spiro atoms. The van der Waals surface area contributed by atoms with E-state index in [4.69, 9.17) is 5.14 Å². The molecule has 18 heavy (non-hydrogen) atoms. The molecule has 0 radical (unpaired) electrons. The fourth-order valence-electron chi connectivity index (χ4n) is 1.58. The van der Waals surface area contributed by atoms with E-state index >= 15 is 0 Å². The second-order valence-corrected chi connectivity index (χ2v) is 7.84. The molecule has 6 nitrogen and oxygen atoms in total. The van der Waals surface area contributed by atoms with Crippen molar-refractivity contribution in [1.82, 2.24) is 4.72 Å². The minimum absolute atomic E-state index is 0.305. The van der Waals surface area contributed by atoms with E-state index in [2.05, 4.69) is 4.72 Å². The summed E-state index contributed by atoms with van der Waals surface area (Å²) >= 11 is 0. The smallest absolute Gasteiger partial charge is 0.225 e. The molecule has 0 saturated heterocycles. The van der Waals surface area contributed by atoms with E-state index in [1.54, 1.807) is 6.92 Å². The summed E-state index contributed by atoms with van der Waals surface area (Å²) in [4.78, 5) is -0.692. The Hall–Kier alpha value is -0.960. The van der Waals surface area contributed by atoms with Gasteiger partial charge in [0.1, 0.15) is 9.79 Å². The van der Waals surface area contributed by atoms with Crippen molar-refractivity contribution in [2.45, 2.75) is 35.1 Å². The van der Waals surface area contributed by atoms with Gasteiger partial charge in [-0.25, -0.2) is 26.7 Å². The van der Waals surface area contributed by atoms with Crippen molar-refractivity contribution in [1.29, 1.82) is 0 Å². The SMILES string of the molecule is CC1(NS(=O)(=O)c2ccccc2S(N)(=O)=O)CC1. The number of sulfonamides is 2. The minimum atomic E-state index is -4.07. The number of primary sulfonamides is 1. The Morgan fingerprint density at radius 2 is 1.61 bits per heavy atom. The van der Waals surface area contributed by atoms with Crippen molar-refractivity contribution in [3.05, 3.63) is 24.3 Å². The first kappa shape index (κ1) is 13.5. The number of hydrogen-bond donors (Lipinski definition) is 2. The number of rotatable bonds is 4. The van der Waals surface area contributed by atoms with Gasteiger partial charge in [-0.3, -0.25) is 0 Å². The van der Waals surface area contributed by atoms with Crippen molar-refractivity contribution >= 4 is 20.0 Å². The molecular weight excluding hydrogens is 276 g/mol. The molecule has 0 unspecified atom stereocenters. The monoisotopic (exact) mass is 290 g/mol. The van der Waals surface area contributed by atoms with Gasteiger partial charge in [0.05, 0.1) is 0 Å². The lowest BCUT2D eigenvalue weighted by Gasteiger charge is -2.14. The second kappa shape index (κ2) is 4.02. The van der Waals surface area contributed by atoms with Crippen molar-refractivity contribution in [2.24, 2.45) is 5.14 Å². The van der Waals surface area contributed by atoms with E-state index in [0.717, 1.165) is 12.8 Å². The molecular formula is C10H14N2O4S2. The van der Waals surface area contributed by atoms with Crippen LogP contribution in [0.2, 0.25) is 0 Å². The van der Waals surface area contributed by atoms with Gasteiger partial charge in [-0.1, -0.05) is 12.1 Å². The van der Waals surface area contributed by atoms with Crippen LogP contribution in [0.25, 0.3) is 0 Å². The topological polar surface area (TPSA) is 106 Å². The predicted octanol–water partition coefficient (Wildman–Crippen LogP) is 0.165. The summed E-state index contributed by atoms with van der Waals surface area (Å²) in [6, 6.07) is 5.29. The lowest BCUT2D eigenvalue weighted by atomic mass is 10.4. The Morgan fingerprint density at radius 3 is 2.06 bits per heavy atom. The van der Waals surface area contributed by atoms with Gasteiger partial charge in [-0.2, -0.15) is 0 Å². The van der Waals surface area contributed by atoms with Crippen LogP contribution in [-0.4, -0.2) is 22.4 Å². The molecule has 1 aliphatic carbocycles. The molecule has 1 saturated carbocycles. The molecule has 8 heteroatoms. The number of hydrogen-bond acceptors (Lipinski definition) is 4. The van der Waals surface area contributed by atoms with Crippen LogP contribution in [-0.2, 0) is 20.0 Å². The summed E-state index contributed by atoms with van der Waals surface area (Å²) in [5.74, 6) is 0. The van der Waals surface area contributed by atoms with Gasteiger partial charge in [0.25, 0.3) is 0 Å². The van der Waals surface area contributed by atoms with Gasteiger partial charge in [0, 0.05) is 5.54 Å². The Morgan fingerprint density at radius 1 is 1.11 bits per heavy atom. The molecule has 1 fully saturated rings. The van der Waals surface area contributed by atoms with Gasteiger partial charge in [0.15, 0.2) is 0 Å². The fraction of sp³-hybridized carbons (Fsp3) is 0.400. The normalized spacial score (nSPS) is 18.6. The first-order chi connectivity index (χ1) is 8.14. The largest absolute Gasteiger partial charge is 0.242 e. The number of benzene rings is 1. The van der Waals surface area contributed by atoms with E-state index < -0.39 is 25.6 Å². The van der Waals surface area contributed by atoms with Crippen LogP contribution in [0.5, 0.6) is 0 Å². The highest BCUT2D eigenvalue weighted by Crippen LogP contribution is 2.36. The average Bonchev–Trinajstić information content (AvgIpc) is 2.93. The van der Waals surface area contributed by atoms with E-state index in [0.29, 0.717) is 0 Å². The maximum atomic E-state index is 12.1. The van der Waals surface area contributed by atoms with Gasteiger partial charge < -0.3 is 0 Å². The maximum Gasteiger partial charge on any atom is 0.242 e. The molecule has 0 aliphatic heterocycles. The summed E-state index contributed by atoms with van der Waals surface area (Å²) in [6.07, 6.45) is 1.48. The number of nitrogens with two attached hydrogens (primary N) is 1. The van der Waals surface area contributed by atoms with Crippen LogP contribution in [0, 0.1) is 0 Å². The summed E-state index contributed by atoms with van der Waals surface area (Å²) in [5, 5.41) is 5.01. The summed E-state index contributed by atoms with van der Waals surface area (Å²) in [5.41, 5.74) is -0.468. The Balaban J connectivity index is 2.51. The highest BCUT2D eigenvalue weighted by Gasteiger charge is 2.42. The maximum absolute atomic E-state index is 12.1. The molecule has 2 rings (SSSR count). The molecule has 100 valence electrons. The zero-order valence-electron chi connectivity index (χ0n) is 9.75. The van der Waals surface area contributed by atoms with Crippen molar-refractivity contribution in [3.8, 4) is 0 Å². The Labute approximate surface area is 106 Å². The van der Waals surface area contributed by atoms with E-state index in [1.807, 2.05) is 0 Å². The second-order valence-electron chi connectivity index (χ2n) is 4.66. The fourth-order valence-corrected chi connectivity index (χ4v) is 4.42. The lowest BCUT2D eigenvalue weighted by Crippen LogP contribution is -2.35. The van der Waals surface area contributed by atoms with Crippen LogP contribution in [0.3, 0.4) is 0 Å². The standard InChI is InChI=1S/C10H14N2O4S2/c1-10(6-7-10)12-18(15,16)9-5-3-2-4-8(9)17(11,13)14/h2-5,12H,6-7H2,1H3,(H2,11,13,14). The van der Waals surface area contributed by atoms with Gasteiger partial charge in [0.2, 0.25) is 20.0 Å². The summed E-state index contributed by atoms with van der Waals surface area (Å²) < 4.78 is 49.5. The average molecular weight is 290 g/mol. The predicted molar refractivity (Wildman–Crippen MR) is 65.8 cm³/mol. The molecule has 0 amide bonds. The molecule has 0 aromatic heterocycles. The third kappa shape index (κ3) is 2.72. The first-order valence-electron chi connectivity index (χ1n) is 5.30. The van der Waals surface area contributed by atoms with Crippen molar-refractivity contribution < 1.29 is 16.8 Å². The van der Waals surface area contributed by atoms with Crippen molar-refractivity contribution in [2.75, 3.05) is 0 Å². The molecule has 1 aromatic carbocycles. The molecule has 0 atom stereocenters. The third-order valence-electron chi connectivity index (χ3n) is 2.83. The molecule has 0 bridgehead atoms. The number of nitrogens with one attached hydrogen (secondary N) is 1. The van der Waals surface area contributed by atoms with Gasteiger partial charge >= 0.3 is 0 Å². The first-order valence-corrected chi connectivity index (χ1v) is 8.33. The van der Waals surface area contributed by atoms with E-state index in [-0.39, 0.29) is 9.79 Å². The van der Waals surface area contributed by atoms with Gasteiger partial charge in [-0.05, 0) is 31.9 Å². The highest BCUT2D eigenvalue weighted by atomic mass is 32.2. The van der Waals surface area contributed by atoms with Crippen LogP contribution in [0.4, 0.5) is 0 Å². The molecule has 0 heterocycles. The van der Waals surface area contributed by atoms with E-state index in [1.165, 1.54) is 24.3 Å². The zero-order chi connectivity index (χ0) is 13.6. The summed E-state index contributed by atoms with van der Waals surface area (Å²) in [6.45, 7) is 1.77.